The number of nitrogens with zero attached hydrogens (tertiary/aromatic N) is 2. The van der Waals surface area contributed by atoms with Crippen LogP contribution in [0.3, 0.4) is 0 Å². The number of nitro groups is 1. The van der Waals surface area contributed by atoms with Crippen LogP contribution >= 0.6 is 0 Å². The standard InChI is InChI=1S/C11H12N2O3/c1-8-3-4-10(13(14)15)7-11(8)16-9(2)5-6-12/h3-4,7,9H,5H2,1-2H3. The Morgan fingerprint density at radius 3 is 2.88 bits per heavy atom. The molecule has 1 aromatic rings. The van der Waals surface area contributed by atoms with Crippen molar-refractivity contribution in [2.45, 2.75) is 26.4 Å². The van der Waals surface area contributed by atoms with Crippen LogP contribution < -0.4 is 4.74 Å². The van der Waals surface area contributed by atoms with Crippen LogP contribution in [0.5, 0.6) is 5.75 Å². The highest BCUT2D eigenvalue weighted by molar-refractivity contribution is 5.43. The van der Waals surface area contributed by atoms with E-state index in [9.17, 15) is 10.1 Å². The topological polar surface area (TPSA) is 76.2 Å². The monoisotopic (exact) mass is 220 g/mol. The molecule has 0 aliphatic rings. The summed E-state index contributed by atoms with van der Waals surface area (Å²) in [7, 11) is 0. The third kappa shape index (κ3) is 2.95. The second-order valence-electron chi connectivity index (χ2n) is 3.50. The Morgan fingerprint density at radius 1 is 1.62 bits per heavy atom. The summed E-state index contributed by atoms with van der Waals surface area (Å²) in [5.41, 5.74) is 0.806. The Bertz CT molecular complexity index is 437. The first-order valence-corrected chi connectivity index (χ1v) is 4.83. The second kappa shape index (κ2) is 5.12. The van der Waals surface area contributed by atoms with Crippen molar-refractivity contribution in [3.63, 3.8) is 0 Å². The summed E-state index contributed by atoms with van der Waals surface area (Å²) < 4.78 is 5.45. The molecule has 1 rings (SSSR count). The molecule has 84 valence electrons. The number of non-ortho nitro benzene ring substituents is 1. The predicted octanol–water partition coefficient (Wildman–Crippen LogP) is 2.58. The first-order chi connectivity index (χ1) is 7.54. The highest BCUT2D eigenvalue weighted by Gasteiger charge is 2.11. The number of rotatable bonds is 4. The maximum atomic E-state index is 10.6. The van der Waals surface area contributed by atoms with Crippen LogP contribution in [-0.4, -0.2) is 11.0 Å². The third-order valence-corrected chi connectivity index (χ3v) is 2.09. The Hall–Kier alpha value is -2.09. The summed E-state index contributed by atoms with van der Waals surface area (Å²) in [5, 5.41) is 19.1. The highest BCUT2D eigenvalue weighted by atomic mass is 16.6. The summed E-state index contributed by atoms with van der Waals surface area (Å²) in [6.07, 6.45) is -0.0204. The van der Waals surface area contributed by atoms with Crippen LogP contribution in [0.15, 0.2) is 18.2 Å². The molecule has 0 saturated heterocycles. The molecule has 5 nitrogen and oxygen atoms in total. The maximum Gasteiger partial charge on any atom is 0.273 e. The van der Waals surface area contributed by atoms with Gasteiger partial charge in [0.1, 0.15) is 11.9 Å². The lowest BCUT2D eigenvalue weighted by Gasteiger charge is -2.13. The molecule has 16 heavy (non-hydrogen) atoms. The van der Waals surface area contributed by atoms with Crippen molar-refractivity contribution in [1.82, 2.24) is 0 Å². The molecule has 0 aromatic heterocycles. The minimum Gasteiger partial charge on any atom is -0.489 e. The summed E-state index contributed by atoms with van der Waals surface area (Å²) >= 11 is 0. The fraction of sp³-hybridized carbons (Fsp3) is 0.364. The van der Waals surface area contributed by atoms with E-state index in [1.54, 1.807) is 19.9 Å². The SMILES string of the molecule is Cc1ccc([N+](=O)[O-])cc1OC(C)CC#N. The number of ether oxygens (including phenoxy) is 1. The van der Waals surface area contributed by atoms with Gasteiger partial charge in [0.25, 0.3) is 5.69 Å². The van der Waals surface area contributed by atoms with Crippen LogP contribution in [0.2, 0.25) is 0 Å². The van der Waals surface area contributed by atoms with Gasteiger partial charge in [0.05, 0.1) is 23.5 Å². The van der Waals surface area contributed by atoms with Crippen molar-refractivity contribution < 1.29 is 9.66 Å². The lowest BCUT2D eigenvalue weighted by molar-refractivity contribution is -0.385. The van der Waals surface area contributed by atoms with E-state index in [2.05, 4.69) is 0 Å². The molecule has 0 heterocycles. The molecule has 0 fully saturated rings. The Morgan fingerprint density at radius 2 is 2.31 bits per heavy atom. The van der Waals surface area contributed by atoms with Crippen LogP contribution in [0.25, 0.3) is 0 Å². The van der Waals surface area contributed by atoms with Crippen molar-refractivity contribution in [2.24, 2.45) is 0 Å². The minimum absolute atomic E-state index is 0.00948. The van der Waals surface area contributed by atoms with Crippen molar-refractivity contribution in [1.29, 1.82) is 5.26 Å². The fourth-order valence-corrected chi connectivity index (χ4v) is 1.22. The van der Waals surface area contributed by atoms with Crippen LogP contribution in [0, 0.1) is 28.4 Å². The highest BCUT2D eigenvalue weighted by Crippen LogP contribution is 2.25. The van der Waals surface area contributed by atoms with E-state index >= 15 is 0 Å². The molecule has 0 radical (unpaired) electrons. The Balaban J connectivity index is 2.91. The first-order valence-electron chi connectivity index (χ1n) is 4.83. The third-order valence-electron chi connectivity index (χ3n) is 2.09. The zero-order valence-corrected chi connectivity index (χ0v) is 9.14. The molecule has 0 aliphatic heterocycles. The molecule has 0 aliphatic carbocycles. The number of nitriles is 1. The van der Waals surface area contributed by atoms with Gasteiger partial charge in [0.15, 0.2) is 0 Å². The maximum absolute atomic E-state index is 10.6. The second-order valence-corrected chi connectivity index (χ2v) is 3.50. The molecule has 1 aromatic carbocycles. The molecule has 0 amide bonds. The Kier molecular flexibility index (Phi) is 3.84. The van der Waals surface area contributed by atoms with E-state index in [4.69, 9.17) is 10.00 Å². The van der Waals surface area contributed by atoms with E-state index in [1.165, 1.54) is 12.1 Å². The van der Waals surface area contributed by atoms with Gasteiger partial charge in [0.2, 0.25) is 0 Å². The number of hydrogen-bond acceptors (Lipinski definition) is 4. The summed E-state index contributed by atoms with van der Waals surface area (Å²) in [6.45, 7) is 3.56. The molecule has 0 spiro atoms. The number of aryl methyl sites for hydroxylation is 1. The summed E-state index contributed by atoms with van der Waals surface area (Å²) in [5.74, 6) is 0.456. The van der Waals surface area contributed by atoms with Gasteiger partial charge in [-0.15, -0.1) is 0 Å². The van der Waals surface area contributed by atoms with E-state index in [0.29, 0.717) is 5.75 Å². The molecule has 1 unspecified atom stereocenters. The minimum atomic E-state index is -0.471. The molecule has 0 saturated carbocycles. The van der Waals surface area contributed by atoms with Gasteiger partial charge >= 0.3 is 0 Å². The molecular formula is C11H12N2O3. The van der Waals surface area contributed by atoms with E-state index in [0.717, 1.165) is 5.56 Å². The Labute approximate surface area is 93.4 Å². The number of hydrogen-bond donors (Lipinski definition) is 0. The van der Waals surface area contributed by atoms with E-state index < -0.39 is 4.92 Å². The molecule has 1 atom stereocenters. The van der Waals surface area contributed by atoms with Gasteiger partial charge < -0.3 is 4.74 Å². The van der Waals surface area contributed by atoms with Gasteiger partial charge in [-0.1, -0.05) is 0 Å². The average molecular weight is 220 g/mol. The fourth-order valence-electron chi connectivity index (χ4n) is 1.22. The normalized spacial score (nSPS) is 11.6. The quantitative estimate of drug-likeness (QED) is 0.577. The van der Waals surface area contributed by atoms with Crippen molar-refractivity contribution >= 4 is 5.69 Å². The number of benzene rings is 1. The smallest absolute Gasteiger partial charge is 0.273 e. The molecule has 5 heteroatoms. The average Bonchev–Trinajstić information content (AvgIpc) is 2.21. The molecular weight excluding hydrogens is 208 g/mol. The molecule has 0 N–H and O–H groups in total. The predicted molar refractivity (Wildman–Crippen MR) is 58.2 cm³/mol. The summed E-state index contributed by atoms with van der Waals surface area (Å²) in [6, 6.07) is 6.42. The van der Waals surface area contributed by atoms with E-state index in [1.807, 2.05) is 6.07 Å². The van der Waals surface area contributed by atoms with Crippen LogP contribution in [0.4, 0.5) is 5.69 Å². The number of nitro benzene ring substituents is 1. The van der Waals surface area contributed by atoms with Crippen molar-refractivity contribution in [3.8, 4) is 11.8 Å². The molecule has 0 bridgehead atoms. The van der Waals surface area contributed by atoms with Crippen LogP contribution in [0.1, 0.15) is 18.9 Å². The zero-order chi connectivity index (χ0) is 12.1. The van der Waals surface area contributed by atoms with Gasteiger partial charge in [-0.05, 0) is 25.5 Å². The van der Waals surface area contributed by atoms with Crippen LogP contribution in [-0.2, 0) is 0 Å². The van der Waals surface area contributed by atoms with Crippen molar-refractivity contribution in [3.05, 3.63) is 33.9 Å². The lowest BCUT2D eigenvalue weighted by atomic mass is 10.2. The largest absolute Gasteiger partial charge is 0.489 e. The summed E-state index contributed by atoms with van der Waals surface area (Å²) in [4.78, 5) is 10.1. The zero-order valence-electron chi connectivity index (χ0n) is 9.14. The van der Waals surface area contributed by atoms with Gasteiger partial charge in [-0.3, -0.25) is 10.1 Å². The van der Waals surface area contributed by atoms with Gasteiger partial charge in [-0.2, -0.15) is 5.26 Å². The van der Waals surface area contributed by atoms with Gasteiger partial charge in [-0.25, -0.2) is 0 Å². The van der Waals surface area contributed by atoms with Crippen molar-refractivity contribution in [2.75, 3.05) is 0 Å². The lowest BCUT2D eigenvalue weighted by Crippen LogP contribution is -2.11. The van der Waals surface area contributed by atoms with Gasteiger partial charge in [0, 0.05) is 6.07 Å². The first kappa shape index (κ1) is 12.0. The van der Waals surface area contributed by atoms with E-state index in [-0.39, 0.29) is 18.2 Å².